The number of hydrogen-bond acceptors (Lipinski definition) is 3. The van der Waals surface area contributed by atoms with Crippen molar-refractivity contribution >= 4 is 0 Å². The lowest BCUT2D eigenvalue weighted by Crippen LogP contribution is -2.30. The Hall–Kier alpha value is -1.10. The fourth-order valence-corrected chi connectivity index (χ4v) is 1.97. The maximum Gasteiger partial charge on any atom is 0.343 e. The summed E-state index contributed by atoms with van der Waals surface area (Å²) in [6, 6.07) is 0.252. The fraction of sp³-hybridized carbons (Fsp3) is 0.778. The Kier molecular flexibility index (Phi) is 2.67. The lowest BCUT2D eigenvalue weighted by atomic mass is 10.0. The van der Waals surface area contributed by atoms with Crippen LogP contribution in [0.25, 0.3) is 0 Å². The zero-order valence-electron chi connectivity index (χ0n) is 8.42. The monoisotopic (exact) mass is 196 g/mol. The maximum absolute atomic E-state index is 11.3. The number of aromatic nitrogens is 3. The van der Waals surface area contributed by atoms with Crippen molar-refractivity contribution in [1.82, 2.24) is 20.1 Å². The maximum atomic E-state index is 11.3. The molecule has 0 spiro atoms. The lowest BCUT2D eigenvalue weighted by Gasteiger charge is -2.22. The van der Waals surface area contributed by atoms with E-state index in [1.807, 2.05) is 6.92 Å². The zero-order chi connectivity index (χ0) is 9.97. The van der Waals surface area contributed by atoms with Gasteiger partial charge in [-0.1, -0.05) is 6.42 Å². The van der Waals surface area contributed by atoms with Crippen LogP contribution in [-0.4, -0.2) is 21.3 Å². The summed E-state index contributed by atoms with van der Waals surface area (Å²) < 4.78 is 1.70. The van der Waals surface area contributed by atoms with E-state index in [4.69, 9.17) is 0 Å². The molecule has 1 aliphatic heterocycles. The summed E-state index contributed by atoms with van der Waals surface area (Å²) in [6.45, 7) is 3.67. The van der Waals surface area contributed by atoms with Crippen LogP contribution in [0.15, 0.2) is 4.79 Å². The summed E-state index contributed by atoms with van der Waals surface area (Å²) in [5.41, 5.74) is -0.102. The second kappa shape index (κ2) is 3.96. The Bertz CT molecular complexity index is 348. The average molecular weight is 196 g/mol. The van der Waals surface area contributed by atoms with Crippen molar-refractivity contribution in [2.24, 2.45) is 0 Å². The van der Waals surface area contributed by atoms with Crippen LogP contribution in [0.5, 0.6) is 0 Å². The molecule has 2 N–H and O–H groups in total. The van der Waals surface area contributed by atoms with Gasteiger partial charge >= 0.3 is 5.69 Å². The Balaban J connectivity index is 2.25. The molecule has 1 fully saturated rings. The topological polar surface area (TPSA) is 62.7 Å². The summed E-state index contributed by atoms with van der Waals surface area (Å²) >= 11 is 0. The van der Waals surface area contributed by atoms with Gasteiger partial charge in [0.05, 0.1) is 6.04 Å². The summed E-state index contributed by atoms with van der Waals surface area (Å²) in [6.07, 6.45) is 3.50. The van der Waals surface area contributed by atoms with E-state index in [1.165, 1.54) is 12.8 Å². The molecule has 0 amide bonds. The summed E-state index contributed by atoms with van der Waals surface area (Å²) in [5, 5.41) is 9.96. The molecule has 78 valence electrons. The first-order chi connectivity index (χ1) is 6.83. The third-order valence-electron chi connectivity index (χ3n) is 2.73. The summed E-state index contributed by atoms with van der Waals surface area (Å²) in [5.74, 6) is 0.859. The van der Waals surface area contributed by atoms with Gasteiger partial charge in [-0.3, -0.25) is 4.57 Å². The highest BCUT2D eigenvalue weighted by atomic mass is 16.1. The second-order valence-corrected chi connectivity index (χ2v) is 3.63. The van der Waals surface area contributed by atoms with E-state index >= 15 is 0 Å². The molecule has 5 nitrogen and oxygen atoms in total. The van der Waals surface area contributed by atoms with Gasteiger partial charge in [0.15, 0.2) is 5.82 Å². The van der Waals surface area contributed by atoms with Crippen LogP contribution >= 0.6 is 0 Å². The molecule has 0 radical (unpaired) electrons. The van der Waals surface area contributed by atoms with Crippen molar-refractivity contribution in [3.05, 3.63) is 16.3 Å². The predicted octanol–water partition coefficient (Wildman–Crippen LogP) is 0.406. The molecule has 0 aliphatic carbocycles. The molecule has 1 saturated heterocycles. The third kappa shape index (κ3) is 1.59. The number of rotatable bonds is 2. The molecule has 0 aromatic carbocycles. The minimum Gasteiger partial charge on any atom is -0.307 e. The number of H-pyrrole nitrogens is 1. The van der Waals surface area contributed by atoms with Crippen molar-refractivity contribution in [1.29, 1.82) is 0 Å². The van der Waals surface area contributed by atoms with Crippen molar-refractivity contribution < 1.29 is 0 Å². The van der Waals surface area contributed by atoms with Gasteiger partial charge in [0, 0.05) is 6.54 Å². The van der Waals surface area contributed by atoms with Crippen molar-refractivity contribution in [2.45, 2.75) is 38.8 Å². The molecule has 2 heterocycles. The van der Waals surface area contributed by atoms with Gasteiger partial charge in [-0.2, -0.15) is 5.10 Å². The molecule has 1 unspecified atom stereocenters. The molecular formula is C9H16N4O. The molecule has 0 bridgehead atoms. The molecule has 1 atom stereocenters. The van der Waals surface area contributed by atoms with Crippen LogP contribution in [0.1, 0.15) is 38.1 Å². The van der Waals surface area contributed by atoms with Gasteiger partial charge in [-0.15, -0.1) is 0 Å². The molecule has 14 heavy (non-hydrogen) atoms. The highest BCUT2D eigenvalue weighted by Gasteiger charge is 2.20. The molecule has 0 saturated carbocycles. The highest BCUT2D eigenvalue weighted by molar-refractivity contribution is 4.96. The van der Waals surface area contributed by atoms with Crippen LogP contribution in [-0.2, 0) is 6.54 Å². The number of hydrogen-bond donors (Lipinski definition) is 2. The van der Waals surface area contributed by atoms with Crippen LogP contribution in [0, 0.1) is 0 Å². The summed E-state index contributed by atoms with van der Waals surface area (Å²) in [7, 11) is 0. The van der Waals surface area contributed by atoms with Gasteiger partial charge in [-0.05, 0) is 26.3 Å². The number of nitrogens with one attached hydrogen (secondary N) is 2. The van der Waals surface area contributed by atoms with Gasteiger partial charge < -0.3 is 5.32 Å². The standard InChI is InChI=1S/C9H16N4O/c1-2-13-8(11-12-9(13)14)7-5-3-4-6-10-7/h7,10H,2-6H2,1H3,(H,12,14). The minimum absolute atomic E-state index is 0.102. The zero-order valence-corrected chi connectivity index (χ0v) is 8.42. The van der Waals surface area contributed by atoms with E-state index in [-0.39, 0.29) is 11.7 Å². The van der Waals surface area contributed by atoms with E-state index in [1.54, 1.807) is 4.57 Å². The molecule has 1 aromatic heterocycles. The third-order valence-corrected chi connectivity index (χ3v) is 2.73. The van der Waals surface area contributed by atoms with Crippen molar-refractivity contribution in [3.8, 4) is 0 Å². The molecule has 1 aliphatic rings. The fourth-order valence-electron chi connectivity index (χ4n) is 1.97. The van der Waals surface area contributed by atoms with E-state index in [0.717, 1.165) is 18.8 Å². The first-order valence-corrected chi connectivity index (χ1v) is 5.21. The molecular weight excluding hydrogens is 180 g/mol. The lowest BCUT2D eigenvalue weighted by molar-refractivity contribution is 0.385. The van der Waals surface area contributed by atoms with E-state index in [2.05, 4.69) is 15.5 Å². The quantitative estimate of drug-likeness (QED) is 0.720. The van der Waals surface area contributed by atoms with E-state index in [0.29, 0.717) is 6.54 Å². The van der Waals surface area contributed by atoms with Gasteiger partial charge in [0.2, 0.25) is 0 Å². The van der Waals surface area contributed by atoms with Gasteiger partial charge in [-0.25, -0.2) is 9.89 Å². The first kappa shape index (κ1) is 9.45. The molecule has 1 aromatic rings. The summed E-state index contributed by atoms with van der Waals surface area (Å²) in [4.78, 5) is 11.3. The minimum atomic E-state index is -0.102. The Morgan fingerprint density at radius 1 is 1.57 bits per heavy atom. The molecule has 2 rings (SSSR count). The smallest absolute Gasteiger partial charge is 0.307 e. The number of piperidine rings is 1. The highest BCUT2D eigenvalue weighted by Crippen LogP contribution is 2.19. The van der Waals surface area contributed by atoms with Gasteiger partial charge in [0.1, 0.15) is 0 Å². The second-order valence-electron chi connectivity index (χ2n) is 3.63. The van der Waals surface area contributed by atoms with Crippen molar-refractivity contribution in [2.75, 3.05) is 6.54 Å². The SMILES string of the molecule is CCn1c(C2CCCCN2)n[nH]c1=O. The Labute approximate surface area is 82.5 Å². The normalized spacial score (nSPS) is 22.5. The van der Waals surface area contributed by atoms with E-state index in [9.17, 15) is 4.79 Å². The van der Waals surface area contributed by atoms with E-state index < -0.39 is 0 Å². The Morgan fingerprint density at radius 3 is 3.07 bits per heavy atom. The molecule has 5 heteroatoms. The van der Waals surface area contributed by atoms with Crippen LogP contribution in [0.3, 0.4) is 0 Å². The van der Waals surface area contributed by atoms with Crippen LogP contribution < -0.4 is 11.0 Å². The number of nitrogens with zero attached hydrogens (tertiary/aromatic N) is 2. The van der Waals surface area contributed by atoms with Gasteiger partial charge in [0.25, 0.3) is 0 Å². The van der Waals surface area contributed by atoms with Crippen molar-refractivity contribution in [3.63, 3.8) is 0 Å². The number of aromatic amines is 1. The van der Waals surface area contributed by atoms with Crippen LogP contribution in [0.4, 0.5) is 0 Å². The predicted molar refractivity (Wildman–Crippen MR) is 53.1 cm³/mol. The largest absolute Gasteiger partial charge is 0.343 e. The Morgan fingerprint density at radius 2 is 2.43 bits per heavy atom. The van der Waals surface area contributed by atoms with Crippen LogP contribution in [0.2, 0.25) is 0 Å². The first-order valence-electron chi connectivity index (χ1n) is 5.21. The average Bonchev–Trinajstić information content (AvgIpc) is 2.61.